The molecule has 0 saturated heterocycles. The lowest BCUT2D eigenvalue weighted by Gasteiger charge is -2.11. The highest BCUT2D eigenvalue weighted by Gasteiger charge is 2.25. The minimum atomic E-state index is -0.253. The molecule has 0 aromatic heterocycles. The van der Waals surface area contributed by atoms with Gasteiger partial charge in [0.15, 0.2) is 17.3 Å². The molecule has 24 heavy (non-hydrogen) atoms. The number of rotatable bonds is 4. The molecule has 1 amide bonds. The number of methoxy groups -OCH3 is 1. The number of ether oxygens (including phenoxy) is 2. The Bertz CT molecular complexity index is 813. The number of amides is 1. The lowest BCUT2D eigenvalue weighted by atomic mass is 10.1. The molecule has 3 rings (SSSR count). The maximum atomic E-state index is 12.6. The third-order valence-electron chi connectivity index (χ3n) is 3.97. The number of Topliss-reactive ketones (excluding diaryl/α,β-unsaturated/α-hetero) is 1. The van der Waals surface area contributed by atoms with Crippen LogP contribution in [0.3, 0.4) is 0 Å². The van der Waals surface area contributed by atoms with Gasteiger partial charge in [0.25, 0.3) is 5.91 Å². The molecule has 1 N–H and O–H groups in total. The molecule has 5 nitrogen and oxygen atoms in total. The molecule has 124 valence electrons. The van der Waals surface area contributed by atoms with Gasteiger partial charge < -0.3 is 14.8 Å². The van der Waals surface area contributed by atoms with Crippen molar-refractivity contribution in [2.45, 2.75) is 26.4 Å². The first-order valence-electron chi connectivity index (χ1n) is 7.78. The van der Waals surface area contributed by atoms with Crippen molar-refractivity contribution in [1.82, 2.24) is 0 Å². The number of fused-ring (bicyclic) bond motifs is 1. The molecule has 0 radical (unpaired) electrons. The highest BCUT2D eigenvalue weighted by Crippen LogP contribution is 2.39. The third-order valence-corrected chi connectivity index (χ3v) is 3.97. The second kappa shape index (κ2) is 6.35. The van der Waals surface area contributed by atoms with Crippen molar-refractivity contribution in [2.75, 3.05) is 12.4 Å². The van der Waals surface area contributed by atoms with Crippen LogP contribution >= 0.6 is 0 Å². The van der Waals surface area contributed by atoms with Crippen molar-refractivity contribution in [1.29, 1.82) is 0 Å². The molecule has 0 aliphatic carbocycles. The summed E-state index contributed by atoms with van der Waals surface area (Å²) < 4.78 is 11.1. The molecule has 0 fully saturated rings. The Morgan fingerprint density at radius 1 is 1.21 bits per heavy atom. The van der Waals surface area contributed by atoms with E-state index in [4.69, 9.17) is 9.47 Å². The van der Waals surface area contributed by atoms with Crippen molar-refractivity contribution in [2.24, 2.45) is 0 Å². The topological polar surface area (TPSA) is 64.6 Å². The zero-order valence-electron chi connectivity index (χ0n) is 13.9. The van der Waals surface area contributed by atoms with Crippen molar-refractivity contribution >= 4 is 17.4 Å². The molecule has 1 heterocycles. The smallest absolute Gasteiger partial charge is 0.255 e. The minimum Gasteiger partial charge on any atom is -0.493 e. The van der Waals surface area contributed by atoms with Crippen molar-refractivity contribution in [3.8, 4) is 11.5 Å². The van der Waals surface area contributed by atoms with E-state index in [1.807, 2.05) is 13.0 Å². The third kappa shape index (κ3) is 3.11. The van der Waals surface area contributed by atoms with Crippen molar-refractivity contribution in [3.05, 3.63) is 53.1 Å². The lowest BCUT2D eigenvalue weighted by Crippen LogP contribution is -2.12. The number of hydrogen-bond acceptors (Lipinski definition) is 4. The summed E-state index contributed by atoms with van der Waals surface area (Å²) in [7, 11) is 1.56. The number of carbonyl (C=O) groups excluding carboxylic acids is 2. The van der Waals surface area contributed by atoms with Crippen LogP contribution in [0.1, 0.15) is 40.1 Å². The van der Waals surface area contributed by atoms with Crippen LogP contribution in [0.25, 0.3) is 0 Å². The molecule has 2 aromatic rings. The SMILES string of the molecule is COc1cc(C(=O)Nc2cccc(C(C)=O)c2)cc2c1O[C@H](C)C2. The Kier molecular flexibility index (Phi) is 4.25. The normalized spacial score (nSPS) is 15.4. The van der Waals surface area contributed by atoms with Crippen molar-refractivity contribution in [3.63, 3.8) is 0 Å². The largest absolute Gasteiger partial charge is 0.493 e. The van der Waals surface area contributed by atoms with Gasteiger partial charge in [-0.3, -0.25) is 9.59 Å². The summed E-state index contributed by atoms with van der Waals surface area (Å²) in [6.45, 7) is 3.47. The Morgan fingerprint density at radius 2 is 2.00 bits per heavy atom. The van der Waals surface area contributed by atoms with Crippen LogP contribution in [0.15, 0.2) is 36.4 Å². The van der Waals surface area contributed by atoms with E-state index in [-0.39, 0.29) is 17.8 Å². The first-order valence-corrected chi connectivity index (χ1v) is 7.78. The molecule has 1 aliphatic rings. The molecule has 0 unspecified atom stereocenters. The molecule has 0 bridgehead atoms. The Labute approximate surface area is 140 Å². The first-order chi connectivity index (χ1) is 11.5. The average molecular weight is 325 g/mol. The number of anilines is 1. The summed E-state index contributed by atoms with van der Waals surface area (Å²) in [5.41, 5.74) is 2.60. The summed E-state index contributed by atoms with van der Waals surface area (Å²) in [6, 6.07) is 10.4. The number of nitrogens with one attached hydrogen (secondary N) is 1. The molecular formula is C19H19NO4. The molecule has 1 aliphatic heterocycles. The van der Waals surface area contributed by atoms with E-state index in [2.05, 4.69) is 5.32 Å². The molecule has 1 atom stereocenters. The predicted octanol–water partition coefficient (Wildman–Crippen LogP) is 3.47. The number of ketones is 1. The van der Waals surface area contributed by atoms with Gasteiger partial charge in [0.2, 0.25) is 0 Å². The zero-order chi connectivity index (χ0) is 17.3. The monoisotopic (exact) mass is 325 g/mol. The Balaban J connectivity index is 1.87. The maximum absolute atomic E-state index is 12.6. The second-order valence-electron chi connectivity index (χ2n) is 5.89. The number of carbonyl (C=O) groups is 2. The van der Waals surface area contributed by atoms with Gasteiger partial charge in [-0.15, -0.1) is 0 Å². The fourth-order valence-corrected chi connectivity index (χ4v) is 2.80. The van der Waals surface area contributed by atoms with E-state index >= 15 is 0 Å². The highest BCUT2D eigenvalue weighted by molar-refractivity contribution is 6.05. The van der Waals surface area contributed by atoms with E-state index in [9.17, 15) is 9.59 Å². The summed E-state index contributed by atoms with van der Waals surface area (Å²) in [5.74, 6) is 0.965. The van der Waals surface area contributed by atoms with Crippen LogP contribution in [-0.4, -0.2) is 24.9 Å². The Hall–Kier alpha value is -2.82. The molecule has 0 saturated carbocycles. The molecule has 0 spiro atoms. The van der Waals surface area contributed by atoms with Gasteiger partial charge in [-0.05, 0) is 38.1 Å². The highest BCUT2D eigenvalue weighted by atomic mass is 16.5. The van der Waals surface area contributed by atoms with Crippen LogP contribution in [0.4, 0.5) is 5.69 Å². The van der Waals surface area contributed by atoms with Gasteiger partial charge in [0.1, 0.15) is 6.10 Å². The Morgan fingerprint density at radius 3 is 2.71 bits per heavy atom. The van der Waals surface area contributed by atoms with Gasteiger partial charge in [0, 0.05) is 28.8 Å². The quantitative estimate of drug-likeness (QED) is 0.874. The van der Waals surface area contributed by atoms with Crippen molar-refractivity contribution < 1.29 is 19.1 Å². The standard InChI is InChI=1S/C19H19NO4/c1-11-7-14-8-15(10-17(23-3)18(14)24-11)19(22)20-16-6-4-5-13(9-16)12(2)21/h4-6,8-11H,7H2,1-3H3,(H,20,22)/t11-/m1/s1. The summed E-state index contributed by atoms with van der Waals surface area (Å²) in [6.07, 6.45) is 0.812. The number of benzene rings is 2. The molecule has 2 aromatic carbocycles. The second-order valence-corrected chi connectivity index (χ2v) is 5.89. The summed E-state index contributed by atoms with van der Waals surface area (Å²) in [5, 5.41) is 2.82. The van der Waals surface area contributed by atoms with E-state index in [1.54, 1.807) is 37.4 Å². The van der Waals surface area contributed by atoms with Gasteiger partial charge in [-0.2, -0.15) is 0 Å². The average Bonchev–Trinajstić information content (AvgIpc) is 2.94. The van der Waals surface area contributed by atoms with Gasteiger partial charge in [0.05, 0.1) is 7.11 Å². The first kappa shape index (κ1) is 16.1. The van der Waals surface area contributed by atoms with E-state index in [1.165, 1.54) is 6.92 Å². The summed E-state index contributed by atoms with van der Waals surface area (Å²) in [4.78, 5) is 24.0. The van der Waals surface area contributed by atoms with Crippen LogP contribution in [0.5, 0.6) is 11.5 Å². The fraction of sp³-hybridized carbons (Fsp3) is 0.263. The van der Waals surface area contributed by atoms with Crippen LogP contribution in [0.2, 0.25) is 0 Å². The minimum absolute atomic E-state index is 0.0450. The molecular weight excluding hydrogens is 306 g/mol. The lowest BCUT2D eigenvalue weighted by molar-refractivity contribution is 0.101. The van der Waals surface area contributed by atoms with Gasteiger partial charge >= 0.3 is 0 Å². The van der Waals surface area contributed by atoms with Crippen LogP contribution in [-0.2, 0) is 6.42 Å². The van der Waals surface area contributed by atoms with E-state index in [0.717, 1.165) is 12.0 Å². The van der Waals surface area contributed by atoms with Gasteiger partial charge in [-0.1, -0.05) is 12.1 Å². The zero-order valence-corrected chi connectivity index (χ0v) is 13.9. The summed E-state index contributed by atoms with van der Waals surface area (Å²) >= 11 is 0. The van der Waals surface area contributed by atoms with E-state index in [0.29, 0.717) is 28.3 Å². The fourth-order valence-electron chi connectivity index (χ4n) is 2.80. The van der Waals surface area contributed by atoms with Crippen LogP contribution < -0.4 is 14.8 Å². The van der Waals surface area contributed by atoms with Crippen LogP contribution in [0, 0.1) is 0 Å². The molecule has 5 heteroatoms. The predicted molar refractivity (Wildman–Crippen MR) is 91.2 cm³/mol. The number of hydrogen-bond donors (Lipinski definition) is 1. The van der Waals surface area contributed by atoms with Gasteiger partial charge in [-0.25, -0.2) is 0 Å². The van der Waals surface area contributed by atoms with E-state index < -0.39 is 0 Å². The maximum Gasteiger partial charge on any atom is 0.255 e.